The van der Waals surface area contributed by atoms with Crippen LogP contribution in [0, 0.1) is 0 Å². The van der Waals surface area contributed by atoms with Crippen molar-refractivity contribution < 1.29 is 4.74 Å². The normalized spacial score (nSPS) is 22.7. The average Bonchev–Trinajstić information content (AvgIpc) is 2.67. The lowest BCUT2D eigenvalue weighted by atomic mass is 10.0. The molecule has 1 aromatic rings. The molecule has 0 bridgehead atoms. The zero-order chi connectivity index (χ0) is 17.6. The van der Waals surface area contributed by atoms with E-state index in [1.54, 1.807) is 7.11 Å². The summed E-state index contributed by atoms with van der Waals surface area (Å²) < 4.78 is 5.26. The Kier molecular flexibility index (Phi) is 6.38. The summed E-state index contributed by atoms with van der Waals surface area (Å²) in [4.78, 5) is 7.84. The fraction of sp³-hybridized carbons (Fsp3) is 0.619. The van der Waals surface area contributed by atoms with Gasteiger partial charge in [0.05, 0.1) is 7.11 Å². The number of methoxy groups -OCH3 is 1. The molecule has 138 valence electrons. The fourth-order valence-electron chi connectivity index (χ4n) is 3.94. The monoisotopic (exact) mass is 343 g/mol. The number of nitrogens with zero attached hydrogens (tertiary/aromatic N) is 3. The first-order valence-electron chi connectivity index (χ1n) is 9.64. The molecule has 0 unspecified atom stereocenters. The molecular weight excluding hydrogens is 310 g/mol. The van der Waals surface area contributed by atoms with E-state index in [9.17, 15) is 0 Å². The molecule has 4 nitrogen and oxygen atoms in total. The Morgan fingerprint density at radius 1 is 1.08 bits per heavy atom. The quantitative estimate of drug-likeness (QED) is 0.764. The SMILES string of the molecule is COc1ccc(N2CCN([C@H]3CCCN(CC=C(C)C)C3)CC2)cc1. The first kappa shape index (κ1) is 18.3. The molecule has 2 aliphatic rings. The zero-order valence-electron chi connectivity index (χ0n) is 16.1. The van der Waals surface area contributed by atoms with Crippen molar-refractivity contribution in [2.24, 2.45) is 0 Å². The van der Waals surface area contributed by atoms with Crippen molar-refractivity contribution in [3.63, 3.8) is 0 Å². The molecule has 0 saturated carbocycles. The van der Waals surface area contributed by atoms with Crippen LogP contribution in [0.4, 0.5) is 5.69 Å². The number of anilines is 1. The molecule has 0 N–H and O–H groups in total. The molecule has 0 amide bonds. The summed E-state index contributed by atoms with van der Waals surface area (Å²) >= 11 is 0. The van der Waals surface area contributed by atoms with Crippen LogP contribution in [0.1, 0.15) is 26.7 Å². The van der Waals surface area contributed by atoms with Crippen LogP contribution < -0.4 is 9.64 Å². The van der Waals surface area contributed by atoms with Crippen molar-refractivity contribution in [1.29, 1.82) is 0 Å². The molecule has 1 aromatic carbocycles. The maximum absolute atomic E-state index is 5.26. The van der Waals surface area contributed by atoms with Crippen LogP contribution >= 0.6 is 0 Å². The van der Waals surface area contributed by atoms with Gasteiger partial charge in [0.1, 0.15) is 5.75 Å². The third-order valence-electron chi connectivity index (χ3n) is 5.51. The Morgan fingerprint density at radius 2 is 1.80 bits per heavy atom. The van der Waals surface area contributed by atoms with Gasteiger partial charge in [-0.3, -0.25) is 9.80 Å². The van der Waals surface area contributed by atoms with E-state index in [2.05, 4.69) is 58.9 Å². The number of likely N-dealkylation sites (tertiary alicyclic amines) is 1. The molecule has 0 aliphatic carbocycles. The Hall–Kier alpha value is -1.52. The van der Waals surface area contributed by atoms with Gasteiger partial charge in [0.15, 0.2) is 0 Å². The first-order valence-corrected chi connectivity index (χ1v) is 9.64. The van der Waals surface area contributed by atoms with Gasteiger partial charge in [0, 0.05) is 51.0 Å². The van der Waals surface area contributed by atoms with E-state index in [-0.39, 0.29) is 0 Å². The lowest BCUT2D eigenvalue weighted by Crippen LogP contribution is -2.55. The van der Waals surface area contributed by atoms with E-state index in [1.165, 1.54) is 50.3 Å². The minimum absolute atomic E-state index is 0.734. The van der Waals surface area contributed by atoms with Crippen LogP contribution in [-0.4, -0.2) is 68.8 Å². The predicted molar refractivity (Wildman–Crippen MR) is 106 cm³/mol. The van der Waals surface area contributed by atoms with Crippen molar-refractivity contribution in [3.05, 3.63) is 35.9 Å². The summed E-state index contributed by atoms with van der Waals surface area (Å²) in [6, 6.07) is 9.21. The van der Waals surface area contributed by atoms with Gasteiger partial charge in [0.25, 0.3) is 0 Å². The molecule has 2 aliphatic heterocycles. The van der Waals surface area contributed by atoms with Crippen LogP contribution in [-0.2, 0) is 0 Å². The number of benzene rings is 1. The Bertz CT molecular complexity index is 557. The van der Waals surface area contributed by atoms with Gasteiger partial charge in [-0.2, -0.15) is 0 Å². The molecule has 4 heteroatoms. The summed E-state index contributed by atoms with van der Waals surface area (Å²) in [6.07, 6.45) is 5.05. The molecule has 0 spiro atoms. The Labute approximate surface area is 153 Å². The van der Waals surface area contributed by atoms with Crippen LogP contribution in [0.5, 0.6) is 5.75 Å². The molecule has 0 radical (unpaired) electrons. The van der Waals surface area contributed by atoms with E-state index in [0.717, 1.165) is 31.4 Å². The van der Waals surface area contributed by atoms with Gasteiger partial charge in [-0.1, -0.05) is 11.6 Å². The van der Waals surface area contributed by atoms with Gasteiger partial charge in [-0.15, -0.1) is 0 Å². The second kappa shape index (κ2) is 8.72. The number of hydrogen-bond donors (Lipinski definition) is 0. The topological polar surface area (TPSA) is 19.0 Å². The lowest BCUT2D eigenvalue weighted by Gasteiger charge is -2.43. The van der Waals surface area contributed by atoms with Crippen LogP contribution in [0.25, 0.3) is 0 Å². The standard InChI is InChI=1S/C21H33N3O/c1-18(2)10-12-22-11-4-5-20(17-22)24-15-13-23(14-16-24)19-6-8-21(25-3)9-7-19/h6-10,20H,4-5,11-17H2,1-3H3/t20-/m0/s1. The first-order chi connectivity index (χ1) is 12.2. The number of allylic oxidation sites excluding steroid dienone is 1. The summed E-state index contributed by atoms with van der Waals surface area (Å²) in [5.74, 6) is 0.932. The van der Waals surface area contributed by atoms with Gasteiger partial charge in [0.2, 0.25) is 0 Å². The smallest absolute Gasteiger partial charge is 0.119 e. The second-order valence-electron chi connectivity index (χ2n) is 7.56. The number of rotatable bonds is 5. The molecule has 2 heterocycles. The third kappa shape index (κ3) is 4.99. The lowest BCUT2D eigenvalue weighted by molar-refractivity contribution is 0.0990. The molecule has 1 atom stereocenters. The summed E-state index contributed by atoms with van der Waals surface area (Å²) in [5.41, 5.74) is 2.74. The highest BCUT2D eigenvalue weighted by atomic mass is 16.5. The van der Waals surface area contributed by atoms with Gasteiger partial charge in [-0.05, 0) is 57.5 Å². The maximum Gasteiger partial charge on any atom is 0.119 e. The third-order valence-corrected chi connectivity index (χ3v) is 5.51. The maximum atomic E-state index is 5.26. The Balaban J connectivity index is 1.50. The van der Waals surface area contributed by atoms with Crippen molar-refractivity contribution in [3.8, 4) is 5.75 Å². The molecule has 25 heavy (non-hydrogen) atoms. The van der Waals surface area contributed by atoms with E-state index < -0.39 is 0 Å². The number of hydrogen-bond acceptors (Lipinski definition) is 4. The molecular formula is C21H33N3O. The van der Waals surface area contributed by atoms with E-state index >= 15 is 0 Å². The minimum Gasteiger partial charge on any atom is -0.497 e. The van der Waals surface area contributed by atoms with E-state index in [0.29, 0.717) is 0 Å². The molecule has 2 saturated heterocycles. The highest BCUT2D eigenvalue weighted by Gasteiger charge is 2.27. The number of piperidine rings is 1. The molecule has 0 aromatic heterocycles. The summed E-state index contributed by atoms with van der Waals surface area (Å²) in [5, 5.41) is 0. The highest BCUT2D eigenvalue weighted by molar-refractivity contribution is 5.49. The van der Waals surface area contributed by atoms with Crippen LogP contribution in [0.2, 0.25) is 0 Å². The predicted octanol–water partition coefficient (Wildman–Crippen LogP) is 3.25. The van der Waals surface area contributed by atoms with E-state index in [4.69, 9.17) is 4.74 Å². The molecule has 2 fully saturated rings. The van der Waals surface area contributed by atoms with Crippen LogP contribution in [0.15, 0.2) is 35.9 Å². The van der Waals surface area contributed by atoms with Crippen molar-refractivity contribution in [2.75, 3.05) is 57.8 Å². The minimum atomic E-state index is 0.734. The van der Waals surface area contributed by atoms with E-state index in [1.807, 2.05) is 0 Å². The fourth-order valence-corrected chi connectivity index (χ4v) is 3.94. The highest BCUT2D eigenvalue weighted by Crippen LogP contribution is 2.23. The second-order valence-corrected chi connectivity index (χ2v) is 7.56. The summed E-state index contributed by atoms with van der Waals surface area (Å²) in [6.45, 7) is 12.6. The van der Waals surface area contributed by atoms with Crippen LogP contribution in [0.3, 0.4) is 0 Å². The van der Waals surface area contributed by atoms with Crippen molar-refractivity contribution in [2.45, 2.75) is 32.7 Å². The average molecular weight is 344 g/mol. The van der Waals surface area contributed by atoms with Gasteiger partial charge in [-0.25, -0.2) is 0 Å². The Morgan fingerprint density at radius 3 is 2.44 bits per heavy atom. The largest absolute Gasteiger partial charge is 0.497 e. The summed E-state index contributed by atoms with van der Waals surface area (Å²) in [7, 11) is 1.72. The zero-order valence-corrected chi connectivity index (χ0v) is 16.1. The van der Waals surface area contributed by atoms with Crippen molar-refractivity contribution >= 4 is 5.69 Å². The molecule has 3 rings (SSSR count). The number of piperazine rings is 1. The van der Waals surface area contributed by atoms with Gasteiger partial charge >= 0.3 is 0 Å². The number of ether oxygens (including phenoxy) is 1. The van der Waals surface area contributed by atoms with Crippen molar-refractivity contribution in [1.82, 2.24) is 9.80 Å². The van der Waals surface area contributed by atoms with Gasteiger partial charge < -0.3 is 9.64 Å².